The molecule has 0 amide bonds. The molecule has 4 nitrogen and oxygen atoms in total. The van der Waals surface area contributed by atoms with Crippen LogP contribution in [0.4, 0.5) is 0 Å². The summed E-state index contributed by atoms with van der Waals surface area (Å²) in [5, 5.41) is 3.33. The number of aromatic nitrogens is 2. The molecule has 2 heterocycles. The Morgan fingerprint density at radius 3 is 2.69 bits per heavy atom. The fourth-order valence-electron chi connectivity index (χ4n) is 1.37. The lowest BCUT2D eigenvalue weighted by Gasteiger charge is -2.18. The highest BCUT2D eigenvalue weighted by Gasteiger charge is 2.12. The average Bonchev–Trinajstić information content (AvgIpc) is 2.55. The largest absolute Gasteiger partial charge is 0.438 e. The van der Waals surface area contributed by atoms with E-state index in [0.717, 1.165) is 11.3 Å². The number of pyridine rings is 1. The maximum absolute atomic E-state index is 5.58. The number of nitrogens with one attached hydrogen (secondary N) is 1. The third-order valence-corrected chi connectivity index (χ3v) is 2.21. The molecule has 86 valence electrons. The Hall–Kier alpha value is -1.42. The fraction of sp³-hybridized carbons (Fsp3) is 0.500. The fourth-order valence-corrected chi connectivity index (χ4v) is 1.37. The lowest BCUT2D eigenvalue weighted by atomic mass is 10.1. The van der Waals surface area contributed by atoms with Gasteiger partial charge in [-0.25, -0.2) is 4.98 Å². The van der Waals surface area contributed by atoms with E-state index in [1.807, 2.05) is 19.1 Å². The molecule has 0 aliphatic rings. The van der Waals surface area contributed by atoms with Crippen LogP contribution in [-0.4, -0.2) is 15.5 Å². The van der Waals surface area contributed by atoms with Gasteiger partial charge in [0.25, 0.3) is 0 Å². The first-order valence-corrected chi connectivity index (χ1v) is 5.42. The van der Waals surface area contributed by atoms with E-state index < -0.39 is 0 Å². The Labute approximate surface area is 95.1 Å². The van der Waals surface area contributed by atoms with Gasteiger partial charge in [-0.3, -0.25) is 0 Å². The van der Waals surface area contributed by atoms with Crippen molar-refractivity contribution in [2.75, 3.05) is 0 Å². The van der Waals surface area contributed by atoms with Crippen molar-refractivity contribution in [2.24, 2.45) is 0 Å². The summed E-state index contributed by atoms with van der Waals surface area (Å²) in [4.78, 5) is 8.64. The second-order valence-corrected chi connectivity index (χ2v) is 4.99. The van der Waals surface area contributed by atoms with Crippen LogP contribution in [0.2, 0.25) is 0 Å². The van der Waals surface area contributed by atoms with Gasteiger partial charge in [-0.2, -0.15) is 4.98 Å². The zero-order valence-corrected chi connectivity index (χ0v) is 10.2. The monoisotopic (exact) mass is 219 g/mol. The maximum atomic E-state index is 5.58. The molecule has 1 N–H and O–H groups in total. The van der Waals surface area contributed by atoms with E-state index in [1.54, 1.807) is 0 Å². The molecule has 0 fully saturated rings. The SMILES string of the molecule is Cc1ccc2oc(CNC(C)(C)C)nc2n1. The van der Waals surface area contributed by atoms with Crippen molar-refractivity contribution in [3.63, 3.8) is 0 Å². The molecule has 4 heteroatoms. The number of rotatable bonds is 2. The number of hydrogen-bond acceptors (Lipinski definition) is 4. The predicted octanol–water partition coefficient (Wildman–Crippen LogP) is 2.42. The molecule has 0 aromatic carbocycles. The van der Waals surface area contributed by atoms with E-state index in [-0.39, 0.29) is 5.54 Å². The summed E-state index contributed by atoms with van der Waals surface area (Å²) in [5.41, 5.74) is 2.45. The first kappa shape index (κ1) is 11.1. The second-order valence-electron chi connectivity index (χ2n) is 4.99. The summed E-state index contributed by atoms with van der Waals surface area (Å²) in [7, 11) is 0. The van der Waals surface area contributed by atoms with Crippen LogP contribution < -0.4 is 5.32 Å². The summed E-state index contributed by atoms with van der Waals surface area (Å²) in [5.74, 6) is 0.683. The van der Waals surface area contributed by atoms with Crippen molar-refractivity contribution in [1.82, 2.24) is 15.3 Å². The van der Waals surface area contributed by atoms with Gasteiger partial charge in [0.05, 0.1) is 6.54 Å². The van der Waals surface area contributed by atoms with E-state index in [1.165, 1.54) is 0 Å². The van der Waals surface area contributed by atoms with Crippen molar-refractivity contribution in [2.45, 2.75) is 39.8 Å². The van der Waals surface area contributed by atoms with Crippen LogP contribution in [0.1, 0.15) is 32.4 Å². The summed E-state index contributed by atoms with van der Waals surface area (Å²) in [6, 6.07) is 3.83. The lowest BCUT2D eigenvalue weighted by Crippen LogP contribution is -2.35. The van der Waals surface area contributed by atoms with Crippen molar-refractivity contribution in [1.29, 1.82) is 0 Å². The zero-order valence-electron chi connectivity index (χ0n) is 10.2. The summed E-state index contributed by atoms with van der Waals surface area (Å²) < 4.78 is 5.58. The topological polar surface area (TPSA) is 51.0 Å². The smallest absolute Gasteiger partial charge is 0.211 e. The van der Waals surface area contributed by atoms with Crippen LogP contribution in [0.5, 0.6) is 0 Å². The van der Waals surface area contributed by atoms with Crippen molar-refractivity contribution in [3.8, 4) is 0 Å². The van der Waals surface area contributed by atoms with E-state index >= 15 is 0 Å². The van der Waals surface area contributed by atoms with Crippen molar-refractivity contribution < 1.29 is 4.42 Å². The quantitative estimate of drug-likeness (QED) is 0.842. The van der Waals surface area contributed by atoms with Gasteiger partial charge in [-0.15, -0.1) is 0 Å². The third-order valence-electron chi connectivity index (χ3n) is 2.21. The van der Waals surface area contributed by atoms with Crippen LogP contribution >= 0.6 is 0 Å². The van der Waals surface area contributed by atoms with Gasteiger partial charge in [0.1, 0.15) is 0 Å². The third kappa shape index (κ3) is 2.58. The highest BCUT2D eigenvalue weighted by Crippen LogP contribution is 2.14. The van der Waals surface area contributed by atoms with Gasteiger partial charge in [0, 0.05) is 11.2 Å². The average molecular weight is 219 g/mol. The normalized spacial score (nSPS) is 12.2. The van der Waals surface area contributed by atoms with E-state index in [0.29, 0.717) is 18.1 Å². The first-order chi connectivity index (χ1) is 7.44. The van der Waals surface area contributed by atoms with Gasteiger partial charge in [0.2, 0.25) is 5.89 Å². The van der Waals surface area contributed by atoms with Crippen LogP contribution in [0.15, 0.2) is 16.5 Å². The summed E-state index contributed by atoms with van der Waals surface area (Å²) in [6.07, 6.45) is 0. The Morgan fingerprint density at radius 1 is 1.25 bits per heavy atom. The highest BCUT2D eigenvalue weighted by atomic mass is 16.3. The number of oxazole rings is 1. The van der Waals surface area contributed by atoms with Gasteiger partial charge >= 0.3 is 0 Å². The molecule has 0 atom stereocenters. The lowest BCUT2D eigenvalue weighted by molar-refractivity contribution is 0.388. The van der Waals surface area contributed by atoms with E-state index in [4.69, 9.17) is 4.42 Å². The Balaban J connectivity index is 2.20. The van der Waals surface area contributed by atoms with Crippen molar-refractivity contribution in [3.05, 3.63) is 23.7 Å². The molecule has 0 aliphatic carbocycles. The Morgan fingerprint density at radius 2 is 2.00 bits per heavy atom. The molecule has 0 radical (unpaired) electrons. The standard InChI is InChI=1S/C12H17N3O/c1-8-5-6-9-11(14-8)15-10(16-9)7-13-12(2,3)4/h5-6,13H,7H2,1-4H3. The highest BCUT2D eigenvalue weighted by molar-refractivity contribution is 5.67. The van der Waals surface area contributed by atoms with Gasteiger partial charge < -0.3 is 9.73 Å². The minimum absolute atomic E-state index is 0.0595. The minimum atomic E-state index is 0.0595. The molecule has 0 bridgehead atoms. The van der Waals surface area contributed by atoms with Crippen molar-refractivity contribution >= 4 is 11.2 Å². The molecular weight excluding hydrogens is 202 g/mol. The molecule has 0 unspecified atom stereocenters. The van der Waals surface area contributed by atoms with Gasteiger partial charge in [-0.05, 0) is 39.8 Å². The zero-order chi connectivity index (χ0) is 11.8. The molecule has 0 aliphatic heterocycles. The number of nitrogens with zero attached hydrogens (tertiary/aromatic N) is 2. The van der Waals surface area contributed by atoms with E-state index in [2.05, 4.69) is 36.1 Å². The second kappa shape index (κ2) is 3.87. The molecule has 16 heavy (non-hydrogen) atoms. The van der Waals surface area contributed by atoms with Gasteiger partial charge in [-0.1, -0.05) is 0 Å². The Kier molecular flexibility index (Phi) is 2.68. The molecule has 0 saturated heterocycles. The van der Waals surface area contributed by atoms with Crippen LogP contribution in [0.25, 0.3) is 11.2 Å². The summed E-state index contributed by atoms with van der Waals surface area (Å²) >= 11 is 0. The first-order valence-electron chi connectivity index (χ1n) is 5.42. The molecule has 0 saturated carbocycles. The van der Waals surface area contributed by atoms with Crippen LogP contribution in [-0.2, 0) is 6.54 Å². The predicted molar refractivity (Wildman–Crippen MR) is 63.1 cm³/mol. The maximum Gasteiger partial charge on any atom is 0.211 e. The molecule has 2 aromatic rings. The molecule has 2 aromatic heterocycles. The van der Waals surface area contributed by atoms with Crippen LogP contribution in [0, 0.1) is 6.92 Å². The van der Waals surface area contributed by atoms with E-state index in [9.17, 15) is 0 Å². The van der Waals surface area contributed by atoms with Crippen LogP contribution in [0.3, 0.4) is 0 Å². The number of hydrogen-bond donors (Lipinski definition) is 1. The molecular formula is C12H17N3O. The number of aryl methyl sites for hydroxylation is 1. The summed E-state index contributed by atoms with van der Waals surface area (Å²) in [6.45, 7) is 8.90. The minimum Gasteiger partial charge on any atom is -0.438 e. The number of fused-ring (bicyclic) bond motifs is 1. The molecule has 0 spiro atoms. The molecule has 2 rings (SSSR count). The Bertz CT molecular complexity index is 496. The van der Waals surface area contributed by atoms with Gasteiger partial charge in [0.15, 0.2) is 11.2 Å².